The van der Waals surface area contributed by atoms with Crippen molar-refractivity contribution in [2.75, 3.05) is 19.8 Å². The maximum Gasteiger partial charge on any atom is 0.323 e. The van der Waals surface area contributed by atoms with E-state index in [9.17, 15) is 9.90 Å². The number of carboxylic acids is 1. The van der Waals surface area contributed by atoms with Crippen LogP contribution in [0.4, 0.5) is 0 Å². The molecular formula is C14H25NO4. The average molecular weight is 271 g/mol. The molecule has 1 spiro atoms. The third-order valence-corrected chi connectivity index (χ3v) is 4.66. The Balaban J connectivity index is 2.03. The third kappa shape index (κ3) is 2.93. The average Bonchev–Trinajstić information content (AvgIpc) is 2.84. The fraction of sp³-hybridized carbons (Fsp3) is 0.929. The summed E-state index contributed by atoms with van der Waals surface area (Å²) in [6, 6.07) is 0.200. The summed E-state index contributed by atoms with van der Waals surface area (Å²) in [6.45, 7) is 5.93. The molecule has 2 heterocycles. The number of nitrogens with one attached hydrogen (secondary N) is 1. The van der Waals surface area contributed by atoms with Crippen LogP contribution in [0.5, 0.6) is 0 Å². The van der Waals surface area contributed by atoms with Crippen molar-refractivity contribution in [1.29, 1.82) is 0 Å². The van der Waals surface area contributed by atoms with Crippen LogP contribution < -0.4 is 5.32 Å². The van der Waals surface area contributed by atoms with Gasteiger partial charge >= 0.3 is 5.97 Å². The first-order valence-electron chi connectivity index (χ1n) is 7.29. The van der Waals surface area contributed by atoms with Crippen LogP contribution >= 0.6 is 0 Å². The molecule has 19 heavy (non-hydrogen) atoms. The fourth-order valence-electron chi connectivity index (χ4n) is 3.22. The third-order valence-electron chi connectivity index (χ3n) is 4.66. The van der Waals surface area contributed by atoms with Crippen molar-refractivity contribution in [2.45, 2.75) is 63.1 Å². The summed E-state index contributed by atoms with van der Waals surface area (Å²) in [6.07, 6.45) is 3.84. The zero-order valence-electron chi connectivity index (χ0n) is 11.9. The van der Waals surface area contributed by atoms with Crippen molar-refractivity contribution in [3.63, 3.8) is 0 Å². The Bertz CT molecular complexity index is 321. The molecule has 2 N–H and O–H groups in total. The number of rotatable bonds is 5. The molecule has 0 radical (unpaired) electrons. The smallest absolute Gasteiger partial charge is 0.323 e. The Morgan fingerprint density at radius 1 is 1.42 bits per heavy atom. The summed E-state index contributed by atoms with van der Waals surface area (Å²) in [7, 11) is 0. The normalized spacial score (nSPS) is 31.8. The van der Waals surface area contributed by atoms with Crippen molar-refractivity contribution < 1.29 is 19.4 Å². The van der Waals surface area contributed by atoms with Gasteiger partial charge in [-0.3, -0.25) is 10.1 Å². The van der Waals surface area contributed by atoms with Gasteiger partial charge in [0.25, 0.3) is 0 Å². The van der Waals surface area contributed by atoms with Gasteiger partial charge in [0.05, 0.1) is 12.2 Å². The fourth-order valence-corrected chi connectivity index (χ4v) is 3.22. The molecule has 0 aromatic rings. The molecule has 2 saturated heterocycles. The number of aliphatic carboxylic acids is 1. The molecule has 0 aromatic carbocycles. The predicted octanol–water partition coefficient (Wildman–Crippen LogP) is 1.56. The van der Waals surface area contributed by atoms with E-state index in [4.69, 9.17) is 9.47 Å². The molecule has 2 fully saturated rings. The van der Waals surface area contributed by atoms with Crippen LogP contribution in [0.2, 0.25) is 0 Å². The van der Waals surface area contributed by atoms with Crippen LogP contribution in [0, 0.1) is 0 Å². The Morgan fingerprint density at radius 2 is 2.16 bits per heavy atom. The first-order chi connectivity index (χ1) is 9.06. The van der Waals surface area contributed by atoms with E-state index in [-0.39, 0.29) is 11.6 Å². The van der Waals surface area contributed by atoms with Gasteiger partial charge in [0.1, 0.15) is 5.54 Å². The number of hydrogen-bond donors (Lipinski definition) is 2. The Morgan fingerprint density at radius 3 is 2.68 bits per heavy atom. The summed E-state index contributed by atoms with van der Waals surface area (Å²) in [4.78, 5) is 11.6. The van der Waals surface area contributed by atoms with E-state index < -0.39 is 11.5 Å². The lowest BCUT2D eigenvalue weighted by Gasteiger charge is -2.41. The van der Waals surface area contributed by atoms with E-state index in [1.54, 1.807) is 0 Å². The molecule has 0 amide bonds. The molecular weight excluding hydrogens is 246 g/mol. The van der Waals surface area contributed by atoms with E-state index in [0.717, 1.165) is 25.9 Å². The molecule has 2 aliphatic rings. The highest BCUT2D eigenvalue weighted by molar-refractivity contribution is 5.78. The topological polar surface area (TPSA) is 67.8 Å². The molecule has 0 aromatic heterocycles. The molecule has 5 heteroatoms. The van der Waals surface area contributed by atoms with Gasteiger partial charge in [-0.15, -0.1) is 0 Å². The zero-order chi connectivity index (χ0) is 13.9. The van der Waals surface area contributed by atoms with E-state index in [0.29, 0.717) is 26.1 Å². The Hall–Kier alpha value is -0.650. The number of carboxylic acid groups (broad SMARTS) is 1. The molecule has 5 nitrogen and oxygen atoms in total. The van der Waals surface area contributed by atoms with Crippen molar-refractivity contribution >= 4 is 5.97 Å². The van der Waals surface area contributed by atoms with Gasteiger partial charge in [-0.1, -0.05) is 13.8 Å². The SMILES string of the molecule is CCC(CC)(NC1CCOC2(CCOC2)C1)C(=O)O. The molecule has 110 valence electrons. The lowest BCUT2D eigenvalue weighted by molar-refractivity contribution is -0.147. The van der Waals surface area contributed by atoms with E-state index in [1.807, 2.05) is 13.8 Å². The minimum atomic E-state index is -0.803. The van der Waals surface area contributed by atoms with Crippen LogP contribution in [0.3, 0.4) is 0 Å². The Kier molecular flexibility index (Phi) is 4.48. The second-order valence-corrected chi connectivity index (χ2v) is 5.76. The maximum absolute atomic E-state index is 11.6. The highest BCUT2D eigenvalue weighted by atomic mass is 16.6. The second kappa shape index (κ2) is 5.77. The summed E-state index contributed by atoms with van der Waals surface area (Å²) in [5.74, 6) is -0.749. The lowest BCUT2D eigenvalue weighted by atomic mass is 9.85. The summed E-state index contributed by atoms with van der Waals surface area (Å²) in [5, 5.41) is 12.9. The van der Waals surface area contributed by atoms with Crippen LogP contribution in [0.1, 0.15) is 46.0 Å². The Labute approximate surface area is 114 Å². The summed E-state index contributed by atoms with van der Waals surface area (Å²) < 4.78 is 11.3. The van der Waals surface area contributed by atoms with Gasteiger partial charge in [-0.05, 0) is 25.7 Å². The highest BCUT2D eigenvalue weighted by Crippen LogP contribution is 2.34. The van der Waals surface area contributed by atoms with Crippen LogP contribution in [-0.2, 0) is 14.3 Å². The van der Waals surface area contributed by atoms with Crippen LogP contribution in [0.25, 0.3) is 0 Å². The molecule has 0 aliphatic carbocycles. The molecule has 2 unspecified atom stereocenters. The minimum Gasteiger partial charge on any atom is -0.480 e. The quantitative estimate of drug-likeness (QED) is 0.794. The molecule has 0 bridgehead atoms. The van der Waals surface area contributed by atoms with Gasteiger partial charge in [-0.2, -0.15) is 0 Å². The minimum absolute atomic E-state index is 0.179. The van der Waals surface area contributed by atoms with E-state index in [2.05, 4.69) is 5.32 Å². The molecule has 0 saturated carbocycles. The predicted molar refractivity (Wildman–Crippen MR) is 71.2 cm³/mol. The van der Waals surface area contributed by atoms with Crippen LogP contribution in [-0.4, -0.2) is 48.1 Å². The van der Waals surface area contributed by atoms with Gasteiger partial charge in [0, 0.05) is 25.7 Å². The molecule has 2 atom stereocenters. The largest absolute Gasteiger partial charge is 0.480 e. The zero-order valence-corrected chi connectivity index (χ0v) is 11.9. The van der Waals surface area contributed by atoms with Crippen molar-refractivity contribution in [2.24, 2.45) is 0 Å². The number of ether oxygens (including phenoxy) is 2. The van der Waals surface area contributed by atoms with Crippen molar-refractivity contribution in [3.8, 4) is 0 Å². The van der Waals surface area contributed by atoms with Crippen molar-refractivity contribution in [3.05, 3.63) is 0 Å². The van der Waals surface area contributed by atoms with Gasteiger partial charge in [0.2, 0.25) is 0 Å². The van der Waals surface area contributed by atoms with Gasteiger partial charge in [-0.25, -0.2) is 0 Å². The summed E-state index contributed by atoms with van der Waals surface area (Å²) >= 11 is 0. The summed E-state index contributed by atoms with van der Waals surface area (Å²) in [5.41, 5.74) is -0.982. The van der Waals surface area contributed by atoms with Gasteiger partial charge in [0.15, 0.2) is 0 Å². The van der Waals surface area contributed by atoms with E-state index >= 15 is 0 Å². The standard InChI is InChI=1S/C14H25NO4/c1-3-14(4-2,12(16)17)15-11-5-7-19-13(9-11)6-8-18-10-13/h11,15H,3-10H2,1-2H3,(H,16,17). The second-order valence-electron chi connectivity index (χ2n) is 5.76. The first-order valence-corrected chi connectivity index (χ1v) is 7.29. The molecule has 2 aliphatic heterocycles. The first kappa shape index (κ1) is 14.8. The van der Waals surface area contributed by atoms with Crippen LogP contribution in [0.15, 0.2) is 0 Å². The number of hydrogen-bond acceptors (Lipinski definition) is 4. The lowest BCUT2D eigenvalue weighted by Crippen LogP contribution is -2.59. The van der Waals surface area contributed by atoms with Gasteiger partial charge < -0.3 is 14.6 Å². The van der Waals surface area contributed by atoms with E-state index in [1.165, 1.54) is 0 Å². The number of carbonyl (C=O) groups is 1. The highest BCUT2D eigenvalue weighted by Gasteiger charge is 2.44. The monoisotopic (exact) mass is 271 g/mol. The van der Waals surface area contributed by atoms with Crippen molar-refractivity contribution in [1.82, 2.24) is 5.32 Å². The maximum atomic E-state index is 11.6. The molecule has 2 rings (SSSR count).